The summed E-state index contributed by atoms with van der Waals surface area (Å²) in [5, 5.41) is -0.215. The molecule has 0 aliphatic carbocycles. The molecule has 3 aromatic rings. The zero-order chi connectivity index (χ0) is 40.6. The van der Waals surface area contributed by atoms with Crippen LogP contribution in [0.15, 0.2) is 91.0 Å². The largest absolute Gasteiger partial charge is 0.455 e. The van der Waals surface area contributed by atoms with E-state index >= 15 is 0 Å². The van der Waals surface area contributed by atoms with E-state index in [1.165, 1.54) is 0 Å². The molecule has 3 aromatic carbocycles. The minimum absolute atomic E-state index is 0.00358. The second-order valence-electron chi connectivity index (χ2n) is 13.8. The van der Waals surface area contributed by atoms with E-state index in [0.29, 0.717) is 32.2 Å². The van der Waals surface area contributed by atoms with E-state index in [4.69, 9.17) is 37.9 Å². The van der Waals surface area contributed by atoms with Crippen LogP contribution in [0.25, 0.3) is 0 Å². The highest BCUT2D eigenvalue weighted by Crippen LogP contribution is 2.36. The average Bonchev–Trinajstić information content (AvgIpc) is 3.57. The molecule has 5 rings (SSSR count). The normalized spacial score (nSPS) is 25.6. The molecule has 2 unspecified atom stereocenters. The first-order valence-corrected chi connectivity index (χ1v) is 21.4. The summed E-state index contributed by atoms with van der Waals surface area (Å²) in [6.07, 6.45) is -7.07. The molecule has 2 heterocycles. The number of hydrogen-bond donors (Lipinski definition) is 0. The highest BCUT2D eigenvalue weighted by atomic mass is 32.2. The van der Waals surface area contributed by atoms with Crippen molar-refractivity contribution in [2.75, 3.05) is 18.1 Å². The molecule has 0 spiro atoms. The SMILES string of the molecule is CCC(=O)OC1O[C@H](C[S+]2C[C@@H](OCc3ccccc3)[C@H](OCc3ccccc3)[C@H]2COCc2ccccc2)[C@@H](OC(=O)CC)[C@H](OC(=O)CC)[C@H]1OC(=O)CC. The van der Waals surface area contributed by atoms with Crippen molar-refractivity contribution in [1.82, 2.24) is 0 Å². The second kappa shape index (κ2) is 22.6. The predicted octanol–water partition coefficient (Wildman–Crippen LogP) is 6.02. The molecule has 2 aliphatic heterocycles. The van der Waals surface area contributed by atoms with E-state index in [1.54, 1.807) is 27.7 Å². The first-order chi connectivity index (χ1) is 27.7. The lowest BCUT2D eigenvalue weighted by Crippen LogP contribution is -2.63. The molecule has 0 radical (unpaired) electrons. The Morgan fingerprint density at radius 3 is 1.54 bits per heavy atom. The average molecular weight is 808 g/mol. The molecule has 13 heteroatoms. The van der Waals surface area contributed by atoms with E-state index in [0.717, 1.165) is 16.7 Å². The van der Waals surface area contributed by atoms with Gasteiger partial charge in [0, 0.05) is 36.6 Å². The fraction of sp³-hybridized carbons (Fsp3) is 0.500. The van der Waals surface area contributed by atoms with Gasteiger partial charge in [0.15, 0.2) is 17.5 Å². The molecule has 2 saturated heterocycles. The summed E-state index contributed by atoms with van der Waals surface area (Å²) in [5.74, 6) is -1.61. The van der Waals surface area contributed by atoms with E-state index in [2.05, 4.69) is 0 Å². The van der Waals surface area contributed by atoms with Crippen molar-refractivity contribution < 1.29 is 57.1 Å². The fourth-order valence-corrected chi connectivity index (χ4v) is 9.60. The Bertz CT molecular complexity index is 1690. The summed E-state index contributed by atoms with van der Waals surface area (Å²) in [6.45, 7) is 7.90. The molecule has 0 amide bonds. The van der Waals surface area contributed by atoms with Gasteiger partial charge in [-0.3, -0.25) is 19.2 Å². The third-order valence-electron chi connectivity index (χ3n) is 9.70. The third kappa shape index (κ3) is 12.9. The highest BCUT2D eigenvalue weighted by Gasteiger charge is 2.59. The Balaban J connectivity index is 1.51. The van der Waals surface area contributed by atoms with Crippen molar-refractivity contribution in [2.24, 2.45) is 0 Å². The monoisotopic (exact) mass is 807 g/mol. The molecular weight excluding hydrogens is 753 g/mol. The van der Waals surface area contributed by atoms with Crippen LogP contribution >= 0.6 is 0 Å². The van der Waals surface area contributed by atoms with Gasteiger partial charge in [0.1, 0.15) is 29.8 Å². The summed E-state index contributed by atoms with van der Waals surface area (Å²) in [5.41, 5.74) is 3.04. The standard InChI is InChI=1S/C44H55O12S/c1-5-36(45)53-41-34(52-44(56-39(48)8-4)43(55-38(47)7-3)42(41)54-37(46)6-2)29-57-28-33(50-25-31-20-14-10-15-21-31)40(51-26-32-22-16-11-17-23-32)35(57)27-49-24-30-18-12-9-13-19-30/h9-23,33-35,40-44H,5-8,24-29H2,1-4H3/q+1/t33-,34-,35-,40+,41-,42+,43-,44?,57?/m1/s1. The maximum absolute atomic E-state index is 13.1. The molecular formula is C44H55O12S+. The van der Waals surface area contributed by atoms with Crippen LogP contribution in [0.1, 0.15) is 70.1 Å². The lowest BCUT2D eigenvalue weighted by molar-refractivity contribution is -0.293. The quantitative estimate of drug-likeness (QED) is 0.0749. The van der Waals surface area contributed by atoms with Gasteiger partial charge in [0.05, 0.1) is 26.4 Å². The molecule has 57 heavy (non-hydrogen) atoms. The Morgan fingerprint density at radius 2 is 1.02 bits per heavy atom. The van der Waals surface area contributed by atoms with Crippen LogP contribution in [-0.4, -0.2) is 90.2 Å². The topological polar surface area (TPSA) is 142 Å². The minimum Gasteiger partial charge on any atom is -0.455 e. The molecule has 0 aromatic heterocycles. The maximum Gasteiger partial charge on any atom is 0.307 e. The molecule has 0 saturated carbocycles. The van der Waals surface area contributed by atoms with Crippen LogP contribution in [-0.2, 0) is 87.8 Å². The summed E-state index contributed by atoms with van der Waals surface area (Å²) in [6, 6.07) is 29.7. The third-order valence-corrected chi connectivity index (χ3v) is 12.5. The van der Waals surface area contributed by atoms with E-state index in [1.807, 2.05) is 91.0 Å². The van der Waals surface area contributed by atoms with Crippen LogP contribution in [0.4, 0.5) is 0 Å². The van der Waals surface area contributed by atoms with Crippen LogP contribution in [0.3, 0.4) is 0 Å². The molecule has 9 atom stereocenters. The molecule has 308 valence electrons. The van der Waals surface area contributed by atoms with Crippen molar-refractivity contribution in [3.63, 3.8) is 0 Å². The first kappa shape index (κ1) is 43.8. The Hall–Kier alpha value is -4.27. The van der Waals surface area contributed by atoms with Crippen LogP contribution in [0.2, 0.25) is 0 Å². The molecule has 12 nitrogen and oxygen atoms in total. The number of benzene rings is 3. The maximum atomic E-state index is 13.1. The molecule has 2 aliphatic rings. The van der Waals surface area contributed by atoms with Gasteiger partial charge >= 0.3 is 23.9 Å². The number of hydrogen-bond acceptors (Lipinski definition) is 12. The number of carbonyl (C=O) groups is 4. The number of esters is 4. The lowest BCUT2D eigenvalue weighted by atomic mass is 9.98. The summed E-state index contributed by atoms with van der Waals surface area (Å²) >= 11 is 0. The van der Waals surface area contributed by atoms with Crippen LogP contribution in [0.5, 0.6) is 0 Å². The van der Waals surface area contributed by atoms with Crippen molar-refractivity contribution >= 4 is 34.8 Å². The van der Waals surface area contributed by atoms with Gasteiger partial charge < -0.3 is 37.9 Å². The Kier molecular flexibility index (Phi) is 17.4. The fourth-order valence-electron chi connectivity index (χ4n) is 6.65. The molecule has 0 N–H and O–H groups in total. The summed E-state index contributed by atoms with van der Waals surface area (Å²) in [7, 11) is -0.596. The van der Waals surface area contributed by atoms with Gasteiger partial charge in [-0.05, 0) is 16.7 Å². The van der Waals surface area contributed by atoms with Gasteiger partial charge in [-0.2, -0.15) is 0 Å². The molecule has 2 fully saturated rings. The van der Waals surface area contributed by atoms with Crippen molar-refractivity contribution in [1.29, 1.82) is 0 Å². The first-order valence-electron chi connectivity index (χ1n) is 19.7. The van der Waals surface area contributed by atoms with Gasteiger partial charge in [-0.1, -0.05) is 119 Å². The number of ether oxygens (including phenoxy) is 8. The van der Waals surface area contributed by atoms with Crippen LogP contribution in [0, 0.1) is 0 Å². The second-order valence-corrected chi connectivity index (χ2v) is 16.2. The zero-order valence-corrected chi connectivity index (χ0v) is 34.0. The van der Waals surface area contributed by atoms with Gasteiger partial charge in [-0.15, -0.1) is 0 Å². The van der Waals surface area contributed by atoms with Gasteiger partial charge in [-0.25, -0.2) is 0 Å². The summed E-state index contributed by atoms with van der Waals surface area (Å²) in [4.78, 5) is 51.6. The highest BCUT2D eigenvalue weighted by molar-refractivity contribution is 7.97. The summed E-state index contributed by atoms with van der Waals surface area (Å²) < 4.78 is 49.8. The van der Waals surface area contributed by atoms with Gasteiger partial charge in [0.2, 0.25) is 12.4 Å². The smallest absolute Gasteiger partial charge is 0.307 e. The molecule has 0 bridgehead atoms. The minimum atomic E-state index is -1.45. The number of rotatable bonds is 20. The Labute approximate surface area is 338 Å². The zero-order valence-electron chi connectivity index (χ0n) is 33.2. The van der Waals surface area contributed by atoms with E-state index in [9.17, 15) is 19.2 Å². The predicted molar refractivity (Wildman–Crippen MR) is 213 cm³/mol. The van der Waals surface area contributed by atoms with Gasteiger partial charge in [0.25, 0.3) is 0 Å². The van der Waals surface area contributed by atoms with E-state index < -0.39 is 71.6 Å². The van der Waals surface area contributed by atoms with Crippen LogP contribution < -0.4 is 0 Å². The lowest BCUT2D eigenvalue weighted by Gasteiger charge is -2.43. The Morgan fingerprint density at radius 1 is 0.561 bits per heavy atom. The van der Waals surface area contributed by atoms with Crippen molar-refractivity contribution in [3.05, 3.63) is 108 Å². The van der Waals surface area contributed by atoms with Crippen molar-refractivity contribution in [3.8, 4) is 0 Å². The van der Waals surface area contributed by atoms with Crippen molar-refractivity contribution in [2.45, 2.75) is 121 Å². The number of carbonyl (C=O) groups excluding carboxylic acids is 4. The van der Waals surface area contributed by atoms with E-state index in [-0.39, 0.29) is 42.8 Å².